The van der Waals surface area contributed by atoms with Gasteiger partial charge in [-0.25, -0.2) is 4.98 Å². The topological polar surface area (TPSA) is 12.9 Å². The van der Waals surface area contributed by atoms with Crippen LogP contribution in [0.4, 0.5) is 0 Å². The fraction of sp³-hybridized carbons (Fsp3) is 0.182. The van der Waals surface area contributed by atoms with Crippen molar-refractivity contribution in [1.29, 1.82) is 0 Å². The molecule has 1 aromatic heterocycles. The van der Waals surface area contributed by atoms with E-state index < -0.39 is 0 Å². The maximum atomic E-state index is 6.03. The standard InChI is InChI=1S/C11H8Br2ClN/c12-5-7-1-2-10-8(3-7)4-9(6-13)11(14)15-10/h1-4H,5-6H2. The van der Waals surface area contributed by atoms with Crippen LogP contribution in [0.5, 0.6) is 0 Å². The number of pyridine rings is 1. The van der Waals surface area contributed by atoms with Crippen molar-refractivity contribution < 1.29 is 0 Å². The summed E-state index contributed by atoms with van der Waals surface area (Å²) >= 11 is 12.9. The molecule has 0 saturated carbocycles. The molecule has 2 aromatic rings. The van der Waals surface area contributed by atoms with Gasteiger partial charge in [-0.05, 0) is 23.8 Å². The first-order chi connectivity index (χ1) is 7.24. The molecule has 0 aliphatic heterocycles. The van der Waals surface area contributed by atoms with Gasteiger partial charge < -0.3 is 0 Å². The predicted molar refractivity (Wildman–Crippen MR) is 72.0 cm³/mol. The van der Waals surface area contributed by atoms with Gasteiger partial charge in [0.15, 0.2) is 0 Å². The molecule has 1 nitrogen and oxygen atoms in total. The fourth-order valence-electron chi connectivity index (χ4n) is 1.42. The van der Waals surface area contributed by atoms with E-state index in [1.165, 1.54) is 5.56 Å². The predicted octanol–water partition coefficient (Wildman–Crippen LogP) is 4.68. The molecule has 0 bridgehead atoms. The Morgan fingerprint density at radius 1 is 1.13 bits per heavy atom. The maximum Gasteiger partial charge on any atom is 0.133 e. The first-order valence-corrected chi connectivity index (χ1v) is 7.06. The Balaban J connectivity index is 2.66. The van der Waals surface area contributed by atoms with E-state index in [1.54, 1.807) is 0 Å². The molecule has 0 fully saturated rings. The third kappa shape index (κ3) is 2.35. The summed E-state index contributed by atoms with van der Waals surface area (Å²) < 4.78 is 0. The summed E-state index contributed by atoms with van der Waals surface area (Å²) in [5.74, 6) is 0. The van der Waals surface area contributed by atoms with Gasteiger partial charge >= 0.3 is 0 Å². The molecule has 15 heavy (non-hydrogen) atoms. The number of hydrogen-bond acceptors (Lipinski definition) is 1. The monoisotopic (exact) mass is 347 g/mol. The molecule has 0 aliphatic carbocycles. The van der Waals surface area contributed by atoms with Crippen LogP contribution in [-0.2, 0) is 10.7 Å². The highest BCUT2D eigenvalue weighted by atomic mass is 79.9. The maximum absolute atomic E-state index is 6.03. The third-order valence-corrected chi connectivity index (χ3v) is 3.78. The van der Waals surface area contributed by atoms with Crippen LogP contribution in [0.3, 0.4) is 0 Å². The molecule has 4 heteroatoms. The molecule has 0 aliphatic rings. The van der Waals surface area contributed by atoms with E-state index in [1.807, 2.05) is 12.1 Å². The Kier molecular flexibility index (Phi) is 3.65. The summed E-state index contributed by atoms with van der Waals surface area (Å²) in [5.41, 5.74) is 3.21. The lowest BCUT2D eigenvalue weighted by Crippen LogP contribution is -1.88. The summed E-state index contributed by atoms with van der Waals surface area (Å²) in [6.07, 6.45) is 0. The number of fused-ring (bicyclic) bond motifs is 1. The zero-order chi connectivity index (χ0) is 10.8. The Morgan fingerprint density at radius 3 is 2.60 bits per heavy atom. The SMILES string of the molecule is Clc1nc2ccc(CBr)cc2cc1CBr. The van der Waals surface area contributed by atoms with Crippen molar-refractivity contribution in [2.24, 2.45) is 0 Å². The first kappa shape index (κ1) is 11.4. The van der Waals surface area contributed by atoms with Crippen LogP contribution in [0.1, 0.15) is 11.1 Å². The largest absolute Gasteiger partial charge is 0.236 e. The van der Waals surface area contributed by atoms with Gasteiger partial charge in [0.1, 0.15) is 5.15 Å². The number of benzene rings is 1. The van der Waals surface area contributed by atoms with Crippen LogP contribution in [-0.4, -0.2) is 4.98 Å². The minimum Gasteiger partial charge on any atom is -0.236 e. The molecule has 78 valence electrons. The quantitative estimate of drug-likeness (QED) is 0.567. The van der Waals surface area contributed by atoms with E-state index in [2.05, 4.69) is 49.0 Å². The van der Waals surface area contributed by atoms with Gasteiger partial charge in [-0.1, -0.05) is 49.5 Å². The van der Waals surface area contributed by atoms with Gasteiger partial charge in [-0.15, -0.1) is 0 Å². The van der Waals surface area contributed by atoms with Crippen molar-refractivity contribution in [2.45, 2.75) is 10.7 Å². The second kappa shape index (κ2) is 4.81. The second-order valence-electron chi connectivity index (χ2n) is 3.23. The minimum absolute atomic E-state index is 0.575. The lowest BCUT2D eigenvalue weighted by atomic mass is 10.1. The van der Waals surface area contributed by atoms with Crippen molar-refractivity contribution in [3.63, 3.8) is 0 Å². The van der Waals surface area contributed by atoms with Crippen LogP contribution >= 0.6 is 43.5 Å². The fourth-order valence-corrected chi connectivity index (χ4v) is 2.57. The number of hydrogen-bond donors (Lipinski definition) is 0. The molecule has 1 heterocycles. The number of alkyl halides is 2. The van der Waals surface area contributed by atoms with Crippen molar-refractivity contribution >= 4 is 54.4 Å². The Hall–Kier alpha value is -0.120. The lowest BCUT2D eigenvalue weighted by Gasteiger charge is -2.04. The van der Waals surface area contributed by atoms with Crippen molar-refractivity contribution in [3.8, 4) is 0 Å². The van der Waals surface area contributed by atoms with Gasteiger partial charge in [-0.3, -0.25) is 0 Å². The smallest absolute Gasteiger partial charge is 0.133 e. The average Bonchev–Trinajstić information content (AvgIpc) is 2.27. The molecular formula is C11H8Br2ClN. The van der Waals surface area contributed by atoms with Crippen LogP contribution in [0, 0.1) is 0 Å². The number of aromatic nitrogens is 1. The minimum atomic E-state index is 0.575. The molecule has 0 atom stereocenters. The Labute approximate surface area is 110 Å². The normalized spacial score (nSPS) is 10.9. The van der Waals surface area contributed by atoms with E-state index >= 15 is 0 Å². The van der Waals surface area contributed by atoms with E-state index in [9.17, 15) is 0 Å². The molecule has 0 saturated heterocycles. The first-order valence-electron chi connectivity index (χ1n) is 4.44. The third-order valence-electron chi connectivity index (χ3n) is 2.20. The summed E-state index contributed by atoms with van der Waals surface area (Å²) in [6, 6.07) is 8.25. The van der Waals surface area contributed by atoms with Gasteiger partial charge in [0.2, 0.25) is 0 Å². The zero-order valence-corrected chi connectivity index (χ0v) is 11.7. The average molecular weight is 349 g/mol. The van der Waals surface area contributed by atoms with E-state index in [0.29, 0.717) is 5.15 Å². The van der Waals surface area contributed by atoms with Gasteiger partial charge in [0.05, 0.1) is 5.52 Å². The highest BCUT2D eigenvalue weighted by molar-refractivity contribution is 9.08. The van der Waals surface area contributed by atoms with Gasteiger partial charge in [-0.2, -0.15) is 0 Å². The number of rotatable bonds is 2. The molecule has 0 N–H and O–H groups in total. The molecule has 2 rings (SSSR count). The van der Waals surface area contributed by atoms with Gasteiger partial charge in [0, 0.05) is 21.6 Å². The number of halogens is 3. The zero-order valence-electron chi connectivity index (χ0n) is 7.80. The van der Waals surface area contributed by atoms with Crippen LogP contribution in [0.15, 0.2) is 24.3 Å². The summed E-state index contributed by atoms with van der Waals surface area (Å²) in [4.78, 5) is 4.34. The van der Waals surface area contributed by atoms with Crippen LogP contribution < -0.4 is 0 Å². The van der Waals surface area contributed by atoms with Crippen molar-refractivity contribution in [1.82, 2.24) is 4.98 Å². The lowest BCUT2D eigenvalue weighted by molar-refractivity contribution is 1.31. The van der Waals surface area contributed by atoms with Crippen LogP contribution in [0.2, 0.25) is 5.15 Å². The summed E-state index contributed by atoms with van der Waals surface area (Å²) in [7, 11) is 0. The molecule has 0 unspecified atom stereocenters. The van der Waals surface area contributed by atoms with Crippen LogP contribution in [0.25, 0.3) is 10.9 Å². The van der Waals surface area contributed by atoms with Crippen molar-refractivity contribution in [3.05, 3.63) is 40.5 Å². The molecule has 0 spiro atoms. The molecule has 1 aromatic carbocycles. The Bertz CT molecular complexity index is 499. The second-order valence-corrected chi connectivity index (χ2v) is 4.71. The Morgan fingerprint density at radius 2 is 1.93 bits per heavy atom. The van der Waals surface area contributed by atoms with E-state index in [4.69, 9.17) is 11.6 Å². The van der Waals surface area contributed by atoms with E-state index in [-0.39, 0.29) is 0 Å². The van der Waals surface area contributed by atoms with E-state index in [0.717, 1.165) is 27.1 Å². The summed E-state index contributed by atoms with van der Waals surface area (Å²) in [5, 5.41) is 3.29. The van der Waals surface area contributed by atoms with Crippen molar-refractivity contribution in [2.75, 3.05) is 0 Å². The van der Waals surface area contributed by atoms with Gasteiger partial charge in [0.25, 0.3) is 0 Å². The molecule has 0 amide bonds. The highest BCUT2D eigenvalue weighted by Crippen LogP contribution is 2.23. The number of nitrogens with zero attached hydrogens (tertiary/aromatic N) is 1. The molecular weight excluding hydrogens is 341 g/mol. The summed E-state index contributed by atoms with van der Waals surface area (Å²) in [6.45, 7) is 0. The highest BCUT2D eigenvalue weighted by Gasteiger charge is 2.04. The molecule has 0 radical (unpaired) electrons.